The molecule has 0 aromatic heterocycles. The van der Waals surface area contributed by atoms with Crippen LogP contribution in [-0.4, -0.2) is 6.09 Å². The van der Waals surface area contributed by atoms with Crippen LogP contribution in [0, 0.1) is 0 Å². The Labute approximate surface area is 34.7 Å². The second-order valence-electron chi connectivity index (χ2n) is 0.410. The molecule has 0 atom stereocenters. The van der Waals surface area contributed by atoms with E-state index in [0.29, 0.717) is 0 Å². The summed E-state index contributed by atoms with van der Waals surface area (Å²) >= 11 is 3.04. The lowest BCUT2D eigenvalue weighted by Gasteiger charge is -1.78. The molecule has 0 aliphatic carbocycles. The molecular formula is CH3NO2S. The third-order valence-corrected chi connectivity index (χ3v) is 0.270. The molecule has 0 aliphatic rings. The van der Waals surface area contributed by atoms with E-state index in [1.54, 1.807) is 0 Å². The van der Waals surface area contributed by atoms with Crippen LogP contribution in [0.15, 0.2) is 0 Å². The topological polar surface area (TPSA) is 52.3 Å². The third-order valence-electron chi connectivity index (χ3n) is 0.0900. The SMILES string of the molecule is NC(=O)OS. The maximum absolute atomic E-state index is 9.29. The summed E-state index contributed by atoms with van der Waals surface area (Å²) in [5.74, 6) is 0. The Balaban J connectivity index is 2.85. The van der Waals surface area contributed by atoms with Gasteiger partial charge < -0.3 is 9.92 Å². The minimum absolute atomic E-state index is 0.881. The Morgan fingerprint density at radius 2 is 2.20 bits per heavy atom. The average Bonchev–Trinajstić information content (AvgIpc) is 1.38. The summed E-state index contributed by atoms with van der Waals surface area (Å²) in [7, 11) is 0. The quantitative estimate of drug-likeness (QED) is 0.325. The van der Waals surface area contributed by atoms with Gasteiger partial charge in [0.2, 0.25) is 0 Å². The van der Waals surface area contributed by atoms with Gasteiger partial charge in [0.15, 0.2) is 0 Å². The minimum Gasteiger partial charge on any atom is -0.379 e. The van der Waals surface area contributed by atoms with Crippen LogP contribution in [0.25, 0.3) is 0 Å². The molecule has 1 amide bonds. The van der Waals surface area contributed by atoms with Crippen molar-refractivity contribution in [2.24, 2.45) is 5.73 Å². The molecule has 0 heterocycles. The van der Waals surface area contributed by atoms with Gasteiger partial charge in [-0.3, -0.25) is 0 Å². The van der Waals surface area contributed by atoms with Crippen LogP contribution in [0.1, 0.15) is 0 Å². The van der Waals surface area contributed by atoms with Gasteiger partial charge in [-0.25, -0.2) is 4.79 Å². The van der Waals surface area contributed by atoms with E-state index in [9.17, 15) is 4.79 Å². The van der Waals surface area contributed by atoms with Crippen LogP contribution < -0.4 is 5.73 Å². The van der Waals surface area contributed by atoms with Crippen molar-refractivity contribution in [3.63, 3.8) is 0 Å². The largest absolute Gasteiger partial charge is 0.416 e. The number of primary amides is 1. The highest BCUT2D eigenvalue weighted by molar-refractivity contribution is 7.75. The fourth-order valence-electron chi connectivity index (χ4n) is 0. The van der Waals surface area contributed by atoms with Crippen molar-refractivity contribution in [3.8, 4) is 0 Å². The first-order valence-corrected chi connectivity index (χ1v) is 1.24. The van der Waals surface area contributed by atoms with Crippen LogP contribution in [0.2, 0.25) is 0 Å². The van der Waals surface area contributed by atoms with Gasteiger partial charge in [-0.15, -0.1) is 0 Å². The van der Waals surface area contributed by atoms with E-state index in [2.05, 4.69) is 22.8 Å². The fraction of sp³-hybridized carbons (Fsp3) is 0. The Morgan fingerprint density at radius 1 is 2.00 bits per heavy atom. The molecule has 0 saturated heterocycles. The Hall–Kier alpha value is -0.380. The van der Waals surface area contributed by atoms with E-state index in [1.165, 1.54) is 0 Å². The highest BCUT2D eigenvalue weighted by atomic mass is 32.1. The highest BCUT2D eigenvalue weighted by Crippen LogP contribution is 1.71. The van der Waals surface area contributed by atoms with Gasteiger partial charge in [0.05, 0.1) is 0 Å². The summed E-state index contributed by atoms with van der Waals surface area (Å²) < 4.78 is 3.58. The summed E-state index contributed by atoms with van der Waals surface area (Å²) in [6.45, 7) is 0. The lowest BCUT2D eigenvalue weighted by atomic mass is 11.3. The summed E-state index contributed by atoms with van der Waals surface area (Å²) in [6.07, 6.45) is -0.881. The summed E-state index contributed by atoms with van der Waals surface area (Å²) in [5, 5.41) is 0. The number of rotatable bonds is 0. The van der Waals surface area contributed by atoms with Crippen molar-refractivity contribution in [3.05, 3.63) is 0 Å². The maximum Gasteiger partial charge on any atom is 0.416 e. The Kier molecular flexibility index (Phi) is 1.75. The van der Waals surface area contributed by atoms with Gasteiger partial charge in [-0.2, -0.15) is 0 Å². The van der Waals surface area contributed by atoms with Gasteiger partial charge in [0.1, 0.15) is 0 Å². The van der Waals surface area contributed by atoms with Crippen LogP contribution >= 0.6 is 12.9 Å². The lowest BCUT2D eigenvalue weighted by molar-refractivity contribution is 0.219. The molecule has 0 rings (SSSR count). The molecule has 0 bridgehead atoms. The number of hydrogen-bond acceptors (Lipinski definition) is 3. The van der Waals surface area contributed by atoms with Crippen LogP contribution in [0.3, 0.4) is 0 Å². The van der Waals surface area contributed by atoms with Crippen molar-refractivity contribution in [2.75, 3.05) is 0 Å². The van der Waals surface area contributed by atoms with Gasteiger partial charge in [-0.1, -0.05) is 0 Å². The molecule has 2 N–H and O–H groups in total. The summed E-state index contributed by atoms with van der Waals surface area (Å²) in [4.78, 5) is 9.29. The van der Waals surface area contributed by atoms with Gasteiger partial charge in [0, 0.05) is 12.9 Å². The average molecular weight is 93.1 g/mol. The smallest absolute Gasteiger partial charge is 0.379 e. The number of thiol groups is 1. The molecule has 0 fully saturated rings. The summed E-state index contributed by atoms with van der Waals surface area (Å²) in [6, 6.07) is 0. The lowest BCUT2D eigenvalue weighted by Crippen LogP contribution is -2.06. The molecule has 4 heteroatoms. The van der Waals surface area contributed by atoms with E-state index in [0.717, 1.165) is 0 Å². The Bertz CT molecular complexity index is 44.9. The van der Waals surface area contributed by atoms with Crippen molar-refractivity contribution >= 4 is 19.0 Å². The van der Waals surface area contributed by atoms with Crippen LogP contribution in [0.5, 0.6) is 0 Å². The first-order chi connectivity index (χ1) is 2.27. The van der Waals surface area contributed by atoms with E-state index in [-0.39, 0.29) is 0 Å². The fourth-order valence-corrected chi connectivity index (χ4v) is 0. The monoisotopic (exact) mass is 93.0 g/mol. The van der Waals surface area contributed by atoms with Gasteiger partial charge in [0.25, 0.3) is 0 Å². The molecule has 0 aromatic carbocycles. The molecule has 30 valence electrons. The molecule has 0 aromatic rings. The van der Waals surface area contributed by atoms with Crippen molar-refractivity contribution in [1.82, 2.24) is 0 Å². The zero-order valence-corrected chi connectivity index (χ0v) is 3.24. The van der Waals surface area contributed by atoms with E-state index < -0.39 is 6.09 Å². The Morgan fingerprint density at radius 3 is 2.20 bits per heavy atom. The molecule has 3 nitrogen and oxygen atoms in total. The first kappa shape index (κ1) is 4.62. The second-order valence-corrected chi connectivity index (χ2v) is 0.593. The summed E-state index contributed by atoms with van der Waals surface area (Å²) in [5.41, 5.74) is 4.35. The van der Waals surface area contributed by atoms with Crippen molar-refractivity contribution < 1.29 is 8.98 Å². The van der Waals surface area contributed by atoms with Crippen LogP contribution in [-0.2, 0) is 4.18 Å². The maximum atomic E-state index is 9.29. The molecule has 0 saturated carbocycles. The van der Waals surface area contributed by atoms with Crippen LogP contribution in [0.4, 0.5) is 4.79 Å². The zero-order chi connectivity index (χ0) is 4.28. The van der Waals surface area contributed by atoms with Crippen molar-refractivity contribution in [1.29, 1.82) is 0 Å². The molecule has 0 spiro atoms. The van der Waals surface area contributed by atoms with E-state index in [4.69, 9.17) is 0 Å². The molecule has 0 unspecified atom stereocenters. The number of nitrogens with two attached hydrogens (primary N) is 1. The molecule has 5 heavy (non-hydrogen) atoms. The third kappa shape index (κ3) is 3.62. The second kappa shape index (κ2) is 1.90. The predicted octanol–water partition coefficient (Wildman–Crippen LogP) is -0.0735. The van der Waals surface area contributed by atoms with E-state index in [1.807, 2.05) is 0 Å². The number of hydrogen-bond donors (Lipinski definition) is 2. The van der Waals surface area contributed by atoms with E-state index >= 15 is 0 Å². The minimum atomic E-state index is -0.881. The standard InChI is InChI=1S/CH3NO2S/c2-1(3)4-5/h5H,(H2,2,3). The highest BCUT2D eigenvalue weighted by Gasteiger charge is 1.78. The van der Waals surface area contributed by atoms with Gasteiger partial charge in [-0.05, 0) is 0 Å². The first-order valence-electron chi connectivity index (χ1n) is 0.879. The molecular weight excluding hydrogens is 90.1 g/mol. The number of carbonyl (C=O) groups is 1. The van der Waals surface area contributed by atoms with Crippen molar-refractivity contribution in [2.45, 2.75) is 0 Å². The van der Waals surface area contributed by atoms with Gasteiger partial charge >= 0.3 is 6.09 Å². The zero-order valence-electron chi connectivity index (χ0n) is 2.34. The number of carbonyl (C=O) groups excluding carboxylic acids is 1. The molecule has 0 aliphatic heterocycles. The normalized spacial score (nSPS) is 6.60. The predicted molar refractivity (Wildman–Crippen MR) is 19.7 cm³/mol. The molecule has 0 radical (unpaired) electrons. The number of amides is 1.